The van der Waals surface area contributed by atoms with Gasteiger partial charge in [0.05, 0.1) is 12.3 Å². The van der Waals surface area contributed by atoms with Crippen LogP contribution in [-0.4, -0.2) is 13.0 Å². The monoisotopic (exact) mass is 284 g/mol. The minimum absolute atomic E-state index is 0.0561. The maximum Gasteiger partial charge on any atom is 0.251 e. The quantitative estimate of drug-likeness (QED) is 0.907. The lowest BCUT2D eigenvalue weighted by atomic mass is 9.93. The Bertz CT molecular complexity index is 661. The zero-order valence-corrected chi connectivity index (χ0v) is 12.4. The van der Waals surface area contributed by atoms with E-state index >= 15 is 0 Å². The van der Waals surface area contributed by atoms with Gasteiger partial charge >= 0.3 is 0 Å². The minimum Gasteiger partial charge on any atom is -0.469 e. The molecule has 1 aromatic carbocycles. The molecule has 0 aliphatic heterocycles. The zero-order valence-electron chi connectivity index (χ0n) is 12.4. The van der Waals surface area contributed by atoms with Gasteiger partial charge in [0.15, 0.2) is 0 Å². The highest BCUT2D eigenvalue weighted by atomic mass is 16.3. The first-order chi connectivity index (χ1) is 10.2. The highest BCUT2D eigenvalue weighted by Crippen LogP contribution is 2.34. The summed E-state index contributed by atoms with van der Waals surface area (Å²) in [5.41, 5.74) is 4.10. The van der Waals surface area contributed by atoms with Crippen LogP contribution in [0, 0.1) is 6.92 Å². The van der Waals surface area contributed by atoms with Gasteiger partial charge in [0, 0.05) is 30.3 Å². The molecule has 1 atom stereocenters. The summed E-state index contributed by atoms with van der Waals surface area (Å²) in [6.45, 7) is 2.02. The summed E-state index contributed by atoms with van der Waals surface area (Å²) in [5, 5.41) is 6.23. The largest absolute Gasteiger partial charge is 0.469 e. The minimum atomic E-state index is -0.0561. The molecule has 2 N–H and O–H groups in total. The molecule has 0 bridgehead atoms. The van der Waals surface area contributed by atoms with Crippen molar-refractivity contribution in [3.63, 3.8) is 0 Å². The number of amides is 1. The fraction of sp³-hybridized carbons (Fsp3) is 0.353. The fourth-order valence-electron chi connectivity index (χ4n) is 2.94. The van der Waals surface area contributed by atoms with Gasteiger partial charge in [-0.3, -0.25) is 4.79 Å². The number of aryl methyl sites for hydroxylation is 2. The number of rotatable bonds is 3. The van der Waals surface area contributed by atoms with E-state index in [1.807, 2.05) is 25.1 Å². The number of benzene rings is 1. The number of carbonyl (C=O) groups is 1. The summed E-state index contributed by atoms with van der Waals surface area (Å²) < 4.78 is 5.53. The van der Waals surface area contributed by atoms with Gasteiger partial charge in [-0.2, -0.15) is 0 Å². The number of fused-ring (bicyclic) bond motifs is 1. The van der Waals surface area contributed by atoms with Crippen LogP contribution in [0.5, 0.6) is 0 Å². The van der Waals surface area contributed by atoms with Crippen LogP contribution in [0.2, 0.25) is 0 Å². The summed E-state index contributed by atoms with van der Waals surface area (Å²) in [6, 6.07) is 8.10. The highest BCUT2D eigenvalue weighted by molar-refractivity contribution is 5.94. The van der Waals surface area contributed by atoms with Crippen LogP contribution < -0.4 is 10.6 Å². The van der Waals surface area contributed by atoms with E-state index in [9.17, 15) is 4.79 Å². The molecule has 0 saturated carbocycles. The predicted octanol–water partition coefficient (Wildman–Crippen LogP) is 3.44. The molecule has 1 heterocycles. The molecule has 4 nitrogen and oxygen atoms in total. The molecule has 1 amide bonds. The van der Waals surface area contributed by atoms with Crippen molar-refractivity contribution < 1.29 is 9.21 Å². The van der Waals surface area contributed by atoms with Crippen LogP contribution in [0.1, 0.15) is 46.1 Å². The van der Waals surface area contributed by atoms with E-state index < -0.39 is 0 Å². The van der Waals surface area contributed by atoms with E-state index in [1.54, 1.807) is 13.3 Å². The first-order valence-electron chi connectivity index (χ1n) is 7.34. The molecule has 0 saturated heterocycles. The van der Waals surface area contributed by atoms with E-state index in [4.69, 9.17) is 4.42 Å². The van der Waals surface area contributed by atoms with Crippen LogP contribution in [-0.2, 0) is 6.42 Å². The molecule has 2 aromatic rings. The van der Waals surface area contributed by atoms with E-state index in [1.165, 1.54) is 5.56 Å². The van der Waals surface area contributed by atoms with Crippen LogP contribution in [0.4, 0.5) is 5.69 Å². The number of furan rings is 1. The zero-order chi connectivity index (χ0) is 14.8. The van der Waals surface area contributed by atoms with E-state index in [0.717, 1.165) is 36.3 Å². The van der Waals surface area contributed by atoms with Gasteiger partial charge in [-0.15, -0.1) is 0 Å². The van der Waals surface area contributed by atoms with Crippen LogP contribution in [0.3, 0.4) is 0 Å². The Morgan fingerprint density at radius 3 is 2.95 bits per heavy atom. The molecule has 1 unspecified atom stereocenters. The Labute approximate surface area is 124 Å². The smallest absolute Gasteiger partial charge is 0.251 e. The Balaban J connectivity index is 1.82. The van der Waals surface area contributed by atoms with Crippen molar-refractivity contribution in [1.29, 1.82) is 0 Å². The van der Waals surface area contributed by atoms with Crippen molar-refractivity contribution in [1.82, 2.24) is 5.32 Å². The fourth-order valence-corrected chi connectivity index (χ4v) is 2.94. The average molecular weight is 284 g/mol. The van der Waals surface area contributed by atoms with Crippen molar-refractivity contribution in [2.24, 2.45) is 0 Å². The predicted molar refractivity (Wildman–Crippen MR) is 82.6 cm³/mol. The number of carbonyl (C=O) groups excluding carboxylic acids is 1. The van der Waals surface area contributed by atoms with Gasteiger partial charge in [-0.05, 0) is 49.6 Å². The third-order valence-electron chi connectivity index (χ3n) is 4.10. The van der Waals surface area contributed by atoms with Crippen molar-refractivity contribution >= 4 is 11.6 Å². The van der Waals surface area contributed by atoms with Crippen molar-refractivity contribution in [3.05, 3.63) is 53.0 Å². The lowest BCUT2D eigenvalue weighted by molar-refractivity contribution is 0.0963. The van der Waals surface area contributed by atoms with Gasteiger partial charge < -0.3 is 15.1 Å². The Hall–Kier alpha value is -2.23. The molecule has 21 heavy (non-hydrogen) atoms. The second-order valence-corrected chi connectivity index (χ2v) is 5.50. The lowest BCUT2D eigenvalue weighted by Gasteiger charge is -2.24. The van der Waals surface area contributed by atoms with E-state index in [-0.39, 0.29) is 11.9 Å². The Kier molecular flexibility index (Phi) is 3.69. The van der Waals surface area contributed by atoms with Gasteiger partial charge in [0.25, 0.3) is 5.91 Å². The molecule has 0 radical (unpaired) electrons. The molecular weight excluding hydrogens is 264 g/mol. The average Bonchev–Trinajstić information content (AvgIpc) is 2.98. The first-order valence-corrected chi connectivity index (χ1v) is 7.34. The van der Waals surface area contributed by atoms with Gasteiger partial charge in [-0.25, -0.2) is 0 Å². The summed E-state index contributed by atoms with van der Waals surface area (Å²) in [4.78, 5) is 11.7. The standard InChI is InChI=1S/C17H20N2O2/c1-11-10-12(17(20)18-2)6-7-14(11)19-15-4-3-5-16-13(15)8-9-21-16/h6-10,15,19H,3-5H2,1-2H3,(H,18,20). The Morgan fingerprint density at radius 1 is 1.33 bits per heavy atom. The lowest BCUT2D eigenvalue weighted by Crippen LogP contribution is -2.19. The molecular formula is C17H20N2O2. The normalized spacial score (nSPS) is 17.1. The van der Waals surface area contributed by atoms with E-state index in [2.05, 4.69) is 16.7 Å². The van der Waals surface area contributed by atoms with Crippen molar-refractivity contribution in [2.45, 2.75) is 32.2 Å². The second kappa shape index (κ2) is 5.64. The third kappa shape index (κ3) is 2.66. The molecule has 1 aromatic heterocycles. The number of hydrogen-bond acceptors (Lipinski definition) is 3. The van der Waals surface area contributed by atoms with Gasteiger partial charge in [0.1, 0.15) is 5.76 Å². The highest BCUT2D eigenvalue weighted by Gasteiger charge is 2.22. The van der Waals surface area contributed by atoms with Crippen molar-refractivity contribution in [3.8, 4) is 0 Å². The molecule has 3 rings (SSSR count). The van der Waals surface area contributed by atoms with Crippen LogP contribution in [0.15, 0.2) is 34.9 Å². The number of hydrogen-bond donors (Lipinski definition) is 2. The molecule has 1 aliphatic rings. The molecule has 110 valence electrons. The second-order valence-electron chi connectivity index (χ2n) is 5.50. The third-order valence-corrected chi connectivity index (χ3v) is 4.10. The maximum absolute atomic E-state index is 11.7. The summed E-state index contributed by atoms with van der Waals surface area (Å²) >= 11 is 0. The molecule has 0 fully saturated rings. The number of nitrogens with one attached hydrogen (secondary N) is 2. The SMILES string of the molecule is CNC(=O)c1ccc(NC2CCCc3occc32)c(C)c1. The summed E-state index contributed by atoms with van der Waals surface area (Å²) in [5.74, 6) is 1.04. The van der Waals surface area contributed by atoms with Gasteiger partial charge in [0.2, 0.25) is 0 Å². The topological polar surface area (TPSA) is 54.3 Å². The Morgan fingerprint density at radius 2 is 2.19 bits per heavy atom. The summed E-state index contributed by atoms with van der Waals surface area (Å²) in [7, 11) is 1.65. The van der Waals surface area contributed by atoms with Crippen LogP contribution >= 0.6 is 0 Å². The maximum atomic E-state index is 11.7. The molecule has 0 spiro atoms. The first kappa shape index (κ1) is 13.7. The molecule has 1 aliphatic carbocycles. The number of anilines is 1. The van der Waals surface area contributed by atoms with Crippen molar-refractivity contribution in [2.75, 3.05) is 12.4 Å². The molecule has 4 heteroatoms. The summed E-state index contributed by atoms with van der Waals surface area (Å²) in [6.07, 6.45) is 5.03. The van der Waals surface area contributed by atoms with Gasteiger partial charge in [-0.1, -0.05) is 0 Å². The van der Waals surface area contributed by atoms with Crippen LogP contribution in [0.25, 0.3) is 0 Å². The van der Waals surface area contributed by atoms with E-state index in [0.29, 0.717) is 5.56 Å².